The molecule has 0 aromatic carbocycles. The Labute approximate surface area is 83.7 Å². The molecule has 4 heteroatoms. The van der Waals surface area contributed by atoms with Crippen molar-refractivity contribution >= 4 is 0 Å². The minimum atomic E-state index is -0.611. The van der Waals surface area contributed by atoms with Gasteiger partial charge in [-0.3, -0.25) is 0 Å². The molecule has 1 saturated heterocycles. The van der Waals surface area contributed by atoms with Crippen molar-refractivity contribution in [3.63, 3.8) is 0 Å². The van der Waals surface area contributed by atoms with Crippen molar-refractivity contribution in [3.8, 4) is 6.07 Å². The molecule has 1 spiro atoms. The van der Waals surface area contributed by atoms with Crippen LogP contribution in [0.3, 0.4) is 0 Å². The Morgan fingerprint density at radius 2 is 1.71 bits per heavy atom. The molecule has 0 aromatic rings. The second-order valence-electron chi connectivity index (χ2n) is 3.92. The van der Waals surface area contributed by atoms with E-state index in [0.29, 0.717) is 26.1 Å². The van der Waals surface area contributed by atoms with Crippen molar-refractivity contribution < 1.29 is 14.2 Å². The zero-order valence-corrected chi connectivity index (χ0v) is 8.41. The molecule has 0 aromatic heterocycles. The number of ether oxygens (including phenoxy) is 3. The Hall–Kier alpha value is -0.630. The molecule has 0 bridgehead atoms. The fourth-order valence-electron chi connectivity index (χ4n) is 2.18. The Kier molecular flexibility index (Phi) is 2.48. The van der Waals surface area contributed by atoms with E-state index in [0.717, 1.165) is 12.8 Å². The lowest BCUT2D eigenvalue weighted by molar-refractivity contribution is -0.198. The molecule has 1 heterocycles. The van der Waals surface area contributed by atoms with Crippen LogP contribution in [0.2, 0.25) is 0 Å². The average molecular weight is 197 g/mol. The summed E-state index contributed by atoms with van der Waals surface area (Å²) in [5.74, 6) is -0.404. The van der Waals surface area contributed by atoms with Crippen LogP contribution in [0.5, 0.6) is 0 Å². The van der Waals surface area contributed by atoms with Crippen LogP contribution in [0.1, 0.15) is 25.7 Å². The maximum absolute atomic E-state index is 9.02. The lowest BCUT2D eigenvalue weighted by Gasteiger charge is -2.38. The van der Waals surface area contributed by atoms with E-state index in [4.69, 9.17) is 19.5 Å². The van der Waals surface area contributed by atoms with Gasteiger partial charge in [-0.1, -0.05) is 0 Å². The largest absolute Gasteiger partial charge is 0.363 e. The molecular weight excluding hydrogens is 182 g/mol. The van der Waals surface area contributed by atoms with Crippen molar-refractivity contribution in [3.05, 3.63) is 0 Å². The van der Waals surface area contributed by atoms with E-state index >= 15 is 0 Å². The second-order valence-corrected chi connectivity index (χ2v) is 3.92. The third-order valence-corrected chi connectivity index (χ3v) is 3.23. The van der Waals surface area contributed by atoms with E-state index < -0.39 is 11.4 Å². The van der Waals surface area contributed by atoms with Crippen molar-refractivity contribution in [2.75, 3.05) is 20.3 Å². The molecule has 1 aliphatic heterocycles. The van der Waals surface area contributed by atoms with Gasteiger partial charge in [0.25, 0.3) is 0 Å². The molecule has 14 heavy (non-hydrogen) atoms. The van der Waals surface area contributed by atoms with Crippen LogP contribution in [0.4, 0.5) is 0 Å². The summed E-state index contributed by atoms with van der Waals surface area (Å²) < 4.78 is 16.4. The van der Waals surface area contributed by atoms with Gasteiger partial charge in [0.1, 0.15) is 0 Å². The zero-order chi connectivity index (χ0) is 10.1. The van der Waals surface area contributed by atoms with Crippen LogP contribution in [0, 0.1) is 11.3 Å². The minimum absolute atomic E-state index is 0.404. The SMILES string of the molecule is COC1(C#N)CCC2(CC1)OCCO2. The van der Waals surface area contributed by atoms with E-state index in [2.05, 4.69) is 6.07 Å². The van der Waals surface area contributed by atoms with E-state index in [1.165, 1.54) is 0 Å². The Morgan fingerprint density at radius 1 is 1.14 bits per heavy atom. The van der Waals surface area contributed by atoms with E-state index in [1.807, 2.05) is 0 Å². The van der Waals surface area contributed by atoms with Crippen molar-refractivity contribution in [2.45, 2.75) is 37.1 Å². The molecular formula is C10H15NO3. The molecule has 1 saturated carbocycles. The molecule has 78 valence electrons. The molecule has 0 N–H and O–H groups in total. The molecule has 1 aliphatic carbocycles. The summed E-state index contributed by atoms with van der Waals surface area (Å²) in [6, 6.07) is 2.24. The van der Waals surface area contributed by atoms with Gasteiger partial charge >= 0.3 is 0 Å². The van der Waals surface area contributed by atoms with Crippen molar-refractivity contribution in [1.82, 2.24) is 0 Å². The smallest absolute Gasteiger partial charge is 0.168 e. The van der Waals surface area contributed by atoms with Gasteiger partial charge in [-0.15, -0.1) is 0 Å². The number of nitriles is 1. The van der Waals surface area contributed by atoms with E-state index in [-0.39, 0.29) is 0 Å². The van der Waals surface area contributed by atoms with E-state index in [9.17, 15) is 0 Å². The van der Waals surface area contributed by atoms with Gasteiger partial charge in [-0.05, 0) is 12.8 Å². The fourth-order valence-corrected chi connectivity index (χ4v) is 2.18. The number of methoxy groups -OCH3 is 1. The van der Waals surface area contributed by atoms with Gasteiger partial charge in [-0.2, -0.15) is 5.26 Å². The van der Waals surface area contributed by atoms with Crippen LogP contribution in [0.15, 0.2) is 0 Å². The third-order valence-electron chi connectivity index (χ3n) is 3.23. The topological polar surface area (TPSA) is 51.5 Å². The highest BCUT2D eigenvalue weighted by atomic mass is 16.7. The van der Waals surface area contributed by atoms with Gasteiger partial charge in [0.15, 0.2) is 11.4 Å². The Morgan fingerprint density at radius 3 is 2.14 bits per heavy atom. The highest BCUT2D eigenvalue weighted by Crippen LogP contribution is 2.41. The minimum Gasteiger partial charge on any atom is -0.363 e. The summed E-state index contributed by atoms with van der Waals surface area (Å²) >= 11 is 0. The van der Waals surface area contributed by atoms with Crippen LogP contribution in [0.25, 0.3) is 0 Å². The summed E-state index contributed by atoms with van der Waals surface area (Å²) in [4.78, 5) is 0. The predicted molar refractivity (Wildman–Crippen MR) is 48.5 cm³/mol. The summed E-state index contributed by atoms with van der Waals surface area (Å²) in [5, 5.41) is 9.02. The van der Waals surface area contributed by atoms with Crippen molar-refractivity contribution in [2.24, 2.45) is 0 Å². The first kappa shape index (κ1) is 9.91. The van der Waals surface area contributed by atoms with Gasteiger partial charge < -0.3 is 14.2 Å². The monoisotopic (exact) mass is 197 g/mol. The molecule has 2 rings (SSSR count). The first-order valence-corrected chi connectivity index (χ1v) is 4.99. The van der Waals surface area contributed by atoms with Gasteiger partial charge in [0.05, 0.1) is 19.3 Å². The molecule has 2 aliphatic rings. The molecule has 4 nitrogen and oxygen atoms in total. The normalized spacial score (nSPS) is 28.9. The molecule has 0 unspecified atom stereocenters. The summed E-state index contributed by atoms with van der Waals surface area (Å²) in [7, 11) is 1.59. The summed E-state index contributed by atoms with van der Waals surface area (Å²) in [6.07, 6.45) is 2.91. The highest BCUT2D eigenvalue weighted by Gasteiger charge is 2.46. The number of hydrogen-bond donors (Lipinski definition) is 0. The van der Waals surface area contributed by atoms with Crippen molar-refractivity contribution in [1.29, 1.82) is 5.26 Å². The van der Waals surface area contributed by atoms with Gasteiger partial charge in [0, 0.05) is 20.0 Å². The maximum atomic E-state index is 9.02. The predicted octanol–water partition coefficient (Wildman–Crippen LogP) is 1.21. The first-order valence-electron chi connectivity index (χ1n) is 4.99. The van der Waals surface area contributed by atoms with Crippen LogP contribution < -0.4 is 0 Å². The summed E-state index contributed by atoms with van der Waals surface area (Å²) in [6.45, 7) is 1.35. The molecule has 0 atom stereocenters. The van der Waals surface area contributed by atoms with Gasteiger partial charge in [0.2, 0.25) is 0 Å². The van der Waals surface area contributed by atoms with Gasteiger partial charge in [-0.25, -0.2) is 0 Å². The third kappa shape index (κ3) is 1.52. The second kappa shape index (κ2) is 3.50. The number of rotatable bonds is 1. The summed E-state index contributed by atoms with van der Waals surface area (Å²) in [5.41, 5.74) is -0.611. The lowest BCUT2D eigenvalue weighted by Crippen LogP contribution is -2.43. The fraction of sp³-hybridized carbons (Fsp3) is 0.900. The molecule has 2 fully saturated rings. The van der Waals surface area contributed by atoms with Crippen LogP contribution in [-0.2, 0) is 14.2 Å². The average Bonchev–Trinajstić information content (AvgIpc) is 2.69. The van der Waals surface area contributed by atoms with Crippen LogP contribution >= 0.6 is 0 Å². The van der Waals surface area contributed by atoms with Crippen LogP contribution in [-0.4, -0.2) is 31.7 Å². The Balaban J connectivity index is 2.01. The van der Waals surface area contributed by atoms with E-state index in [1.54, 1.807) is 7.11 Å². The maximum Gasteiger partial charge on any atom is 0.168 e. The Bertz CT molecular complexity index is 243. The molecule has 0 amide bonds. The molecule has 0 radical (unpaired) electrons. The highest BCUT2D eigenvalue weighted by molar-refractivity contribution is 5.06. The standard InChI is InChI=1S/C10H15NO3/c1-12-9(8-11)2-4-10(5-3-9)13-6-7-14-10/h2-7H2,1H3. The number of nitrogens with zero attached hydrogens (tertiary/aromatic N) is 1. The quantitative estimate of drug-likeness (QED) is 0.634. The lowest BCUT2D eigenvalue weighted by atomic mass is 9.82. The number of hydrogen-bond acceptors (Lipinski definition) is 4. The first-order chi connectivity index (χ1) is 6.74. The zero-order valence-electron chi connectivity index (χ0n) is 8.41.